The number of hydrogen-bond donors (Lipinski definition) is 0. The summed E-state index contributed by atoms with van der Waals surface area (Å²) in [6.45, 7) is 9.44. The maximum atomic E-state index is 12.0. The number of hydrogen-bond acceptors (Lipinski definition) is 4. The van der Waals surface area contributed by atoms with E-state index in [0.717, 1.165) is 5.56 Å². The summed E-state index contributed by atoms with van der Waals surface area (Å²) in [6.07, 6.45) is 0. The Morgan fingerprint density at radius 2 is 1.84 bits per heavy atom. The lowest BCUT2D eigenvalue weighted by atomic mass is 10.2. The van der Waals surface area contributed by atoms with E-state index in [0.29, 0.717) is 4.88 Å². The molecule has 106 valence electrons. The molecule has 19 heavy (non-hydrogen) atoms. The Hall–Kier alpha value is -1.36. The molecule has 0 bridgehead atoms. The quantitative estimate of drug-likeness (QED) is 0.781. The second kappa shape index (κ2) is 6.70. The van der Waals surface area contributed by atoms with Gasteiger partial charge in [-0.3, -0.25) is 4.79 Å². The van der Waals surface area contributed by atoms with Gasteiger partial charge in [0.1, 0.15) is 4.88 Å². The topological polar surface area (TPSA) is 46.6 Å². The summed E-state index contributed by atoms with van der Waals surface area (Å²) in [4.78, 5) is 26.1. The van der Waals surface area contributed by atoms with Gasteiger partial charge in [-0.1, -0.05) is 0 Å². The first-order valence-electron chi connectivity index (χ1n) is 6.37. The fraction of sp³-hybridized carbons (Fsp3) is 0.571. The summed E-state index contributed by atoms with van der Waals surface area (Å²) in [5.41, 5.74) is 0.882. The van der Waals surface area contributed by atoms with Crippen LogP contribution in [0.2, 0.25) is 0 Å². The minimum atomic E-state index is -0.423. The van der Waals surface area contributed by atoms with Crippen molar-refractivity contribution in [2.45, 2.75) is 46.7 Å². The number of carbonyl (C=O) groups excluding carboxylic acids is 2. The minimum Gasteiger partial charge on any atom is -0.451 e. The van der Waals surface area contributed by atoms with E-state index in [2.05, 4.69) is 0 Å². The standard InChI is InChI=1S/C14H21NO3S/c1-9(2)15(10(3)4)12(16)8-18-14(17)13-11(5)6-7-19-13/h6-7,9-10H,8H2,1-5H3. The number of carbonyl (C=O) groups is 2. The van der Waals surface area contributed by atoms with E-state index in [1.165, 1.54) is 11.3 Å². The van der Waals surface area contributed by atoms with Gasteiger partial charge in [0.2, 0.25) is 0 Å². The molecule has 0 aliphatic heterocycles. The van der Waals surface area contributed by atoms with Gasteiger partial charge in [-0.15, -0.1) is 11.3 Å². The Bertz CT molecular complexity index is 443. The van der Waals surface area contributed by atoms with Crippen molar-refractivity contribution in [3.63, 3.8) is 0 Å². The summed E-state index contributed by atoms with van der Waals surface area (Å²) in [7, 11) is 0. The third-order valence-electron chi connectivity index (χ3n) is 2.77. The minimum absolute atomic E-state index is 0.0923. The molecule has 0 N–H and O–H groups in total. The van der Waals surface area contributed by atoms with Crippen LogP contribution >= 0.6 is 11.3 Å². The van der Waals surface area contributed by atoms with Crippen molar-refractivity contribution in [3.8, 4) is 0 Å². The van der Waals surface area contributed by atoms with Crippen LogP contribution < -0.4 is 0 Å². The van der Waals surface area contributed by atoms with Gasteiger partial charge >= 0.3 is 5.97 Å². The van der Waals surface area contributed by atoms with Crippen molar-refractivity contribution in [2.75, 3.05) is 6.61 Å². The van der Waals surface area contributed by atoms with Gasteiger partial charge in [0.05, 0.1) is 0 Å². The number of thiophene rings is 1. The molecule has 0 spiro atoms. The van der Waals surface area contributed by atoms with Crippen LogP contribution in [0.1, 0.15) is 42.9 Å². The molecule has 0 saturated heterocycles. The molecule has 0 radical (unpaired) electrons. The van der Waals surface area contributed by atoms with Crippen LogP contribution in [0.15, 0.2) is 11.4 Å². The van der Waals surface area contributed by atoms with E-state index in [1.54, 1.807) is 4.90 Å². The Kier molecular flexibility index (Phi) is 5.54. The van der Waals surface area contributed by atoms with E-state index in [9.17, 15) is 9.59 Å². The molecule has 0 fully saturated rings. The van der Waals surface area contributed by atoms with Crippen LogP contribution in [0, 0.1) is 6.92 Å². The summed E-state index contributed by atoms with van der Waals surface area (Å²) in [6, 6.07) is 2.04. The molecular formula is C14H21NO3S. The van der Waals surface area contributed by atoms with Crippen molar-refractivity contribution < 1.29 is 14.3 Å². The van der Waals surface area contributed by atoms with E-state index < -0.39 is 5.97 Å². The second-order valence-electron chi connectivity index (χ2n) is 5.00. The molecule has 1 amide bonds. The average Bonchev–Trinajstić information content (AvgIpc) is 2.71. The Balaban J connectivity index is 2.59. The maximum absolute atomic E-state index is 12.0. The largest absolute Gasteiger partial charge is 0.451 e. The SMILES string of the molecule is Cc1ccsc1C(=O)OCC(=O)N(C(C)C)C(C)C. The van der Waals surface area contributed by atoms with Gasteiger partial charge in [-0.05, 0) is 51.6 Å². The van der Waals surface area contributed by atoms with Gasteiger partial charge in [-0.2, -0.15) is 0 Å². The first-order valence-corrected chi connectivity index (χ1v) is 7.25. The Morgan fingerprint density at radius 1 is 1.26 bits per heavy atom. The van der Waals surface area contributed by atoms with Gasteiger partial charge in [0.25, 0.3) is 5.91 Å². The Labute approximate surface area is 118 Å². The maximum Gasteiger partial charge on any atom is 0.349 e. The van der Waals surface area contributed by atoms with Crippen molar-refractivity contribution >= 4 is 23.2 Å². The lowest BCUT2D eigenvalue weighted by Crippen LogP contribution is -2.44. The number of rotatable bonds is 5. The lowest BCUT2D eigenvalue weighted by molar-refractivity contribution is -0.138. The molecule has 0 aliphatic carbocycles. The number of amides is 1. The fourth-order valence-electron chi connectivity index (χ4n) is 2.02. The summed E-state index contributed by atoms with van der Waals surface area (Å²) in [5, 5.41) is 1.84. The molecule has 0 atom stereocenters. The predicted molar refractivity (Wildman–Crippen MR) is 76.5 cm³/mol. The van der Waals surface area contributed by atoms with Gasteiger partial charge < -0.3 is 9.64 Å². The van der Waals surface area contributed by atoms with Crippen LogP contribution in [0.5, 0.6) is 0 Å². The van der Waals surface area contributed by atoms with Crippen LogP contribution in [0.3, 0.4) is 0 Å². The normalized spacial score (nSPS) is 10.9. The number of nitrogens with zero attached hydrogens (tertiary/aromatic N) is 1. The number of ether oxygens (including phenoxy) is 1. The molecule has 1 heterocycles. The molecule has 4 nitrogen and oxygen atoms in total. The van der Waals surface area contributed by atoms with Crippen molar-refractivity contribution in [3.05, 3.63) is 21.9 Å². The lowest BCUT2D eigenvalue weighted by Gasteiger charge is -2.30. The molecule has 0 aliphatic rings. The number of aryl methyl sites for hydroxylation is 1. The van der Waals surface area contributed by atoms with E-state index in [1.807, 2.05) is 46.1 Å². The highest BCUT2D eigenvalue weighted by Crippen LogP contribution is 2.16. The monoisotopic (exact) mass is 283 g/mol. The van der Waals surface area contributed by atoms with Gasteiger partial charge in [0, 0.05) is 12.1 Å². The molecule has 1 rings (SSSR count). The molecule has 0 saturated carbocycles. The zero-order valence-electron chi connectivity index (χ0n) is 12.1. The van der Waals surface area contributed by atoms with Crippen molar-refractivity contribution in [2.24, 2.45) is 0 Å². The van der Waals surface area contributed by atoms with E-state index in [4.69, 9.17) is 4.74 Å². The first-order chi connectivity index (χ1) is 8.84. The zero-order chi connectivity index (χ0) is 14.6. The van der Waals surface area contributed by atoms with Crippen LogP contribution in [-0.4, -0.2) is 35.5 Å². The van der Waals surface area contributed by atoms with Crippen LogP contribution in [-0.2, 0) is 9.53 Å². The highest BCUT2D eigenvalue weighted by Gasteiger charge is 2.22. The first kappa shape index (κ1) is 15.7. The zero-order valence-corrected chi connectivity index (χ0v) is 12.9. The van der Waals surface area contributed by atoms with E-state index >= 15 is 0 Å². The second-order valence-corrected chi connectivity index (χ2v) is 5.91. The predicted octanol–water partition coefficient (Wildman–Crippen LogP) is 2.86. The van der Waals surface area contributed by atoms with Crippen LogP contribution in [0.25, 0.3) is 0 Å². The molecule has 5 heteroatoms. The van der Waals surface area contributed by atoms with E-state index in [-0.39, 0.29) is 24.6 Å². The molecule has 0 aromatic carbocycles. The van der Waals surface area contributed by atoms with Crippen LogP contribution in [0.4, 0.5) is 0 Å². The molecular weight excluding hydrogens is 262 g/mol. The Morgan fingerprint density at radius 3 is 2.26 bits per heavy atom. The third-order valence-corrected chi connectivity index (χ3v) is 3.77. The summed E-state index contributed by atoms with van der Waals surface area (Å²) < 4.78 is 5.09. The molecule has 1 aromatic heterocycles. The molecule has 1 aromatic rings. The van der Waals surface area contributed by atoms with Gasteiger partial charge in [0.15, 0.2) is 6.61 Å². The summed E-state index contributed by atoms with van der Waals surface area (Å²) >= 11 is 1.33. The summed E-state index contributed by atoms with van der Waals surface area (Å²) in [5.74, 6) is -0.583. The van der Waals surface area contributed by atoms with Crippen molar-refractivity contribution in [1.82, 2.24) is 4.90 Å². The number of esters is 1. The van der Waals surface area contributed by atoms with Crippen molar-refractivity contribution in [1.29, 1.82) is 0 Å². The highest BCUT2D eigenvalue weighted by atomic mass is 32.1. The highest BCUT2D eigenvalue weighted by molar-refractivity contribution is 7.12. The fourth-order valence-corrected chi connectivity index (χ4v) is 2.84. The molecule has 0 unspecified atom stereocenters. The third kappa shape index (κ3) is 4.06. The average molecular weight is 283 g/mol. The van der Waals surface area contributed by atoms with Gasteiger partial charge in [-0.25, -0.2) is 4.79 Å². The smallest absolute Gasteiger partial charge is 0.349 e.